The van der Waals surface area contributed by atoms with Gasteiger partial charge in [0.15, 0.2) is 5.82 Å². The van der Waals surface area contributed by atoms with Gasteiger partial charge in [-0.25, -0.2) is 17.9 Å². The topological polar surface area (TPSA) is 160 Å². The van der Waals surface area contributed by atoms with E-state index in [0.717, 1.165) is 66.3 Å². The SMILES string of the molecule is COc1c(CN[SH](=O)=O)cc(C(C)(C)C)cc1NC(=O)Nc1ccc(OCCN2CCn3c(nnc3-c3ccccc3O)C2)c2c1CCC2. The number of urea groups is 1. The Kier molecular flexibility index (Phi) is 10.1. The third kappa shape index (κ3) is 7.66. The lowest BCUT2D eigenvalue weighted by Crippen LogP contribution is -2.36. The van der Waals surface area contributed by atoms with Crippen LogP contribution in [0.25, 0.3) is 11.4 Å². The van der Waals surface area contributed by atoms with Gasteiger partial charge >= 0.3 is 6.03 Å². The molecule has 1 aliphatic heterocycles. The number of hydrogen-bond acceptors (Lipinski definition) is 9. The number of aromatic nitrogens is 3. The van der Waals surface area contributed by atoms with Crippen molar-refractivity contribution in [1.82, 2.24) is 24.4 Å². The van der Waals surface area contributed by atoms with Crippen molar-refractivity contribution in [2.24, 2.45) is 0 Å². The number of fused-ring (bicyclic) bond motifs is 2. The lowest BCUT2D eigenvalue weighted by Gasteiger charge is -2.27. The van der Waals surface area contributed by atoms with Gasteiger partial charge in [0.25, 0.3) is 0 Å². The molecule has 3 aromatic carbocycles. The Hall–Kier alpha value is -4.66. The number of nitrogens with one attached hydrogen (secondary N) is 3. The number of phenols is 1. The van der Waals surface area contributed by atoms with Gasteiger partial charge in [-0.2, -0.15) is 0 Å². The molecule has 6 rings (SSSR count). The molecule has 1 aliphatic carbocycles. The number of hydrogen-bond donors (Lipinski definition) is 5. The maximum Gasteiger partial charge on any atom is 0.323 e. The van der Waals surface area contributed by atoms with Crippen LogP contribution >= 0.6 is 0 Å². The number of anilines is 2. The van der Waals surface area contributed by atoms with Gasteiger partial charge in [-0.3, -0.25) is 4.90 Å². The first-order valence-corrected chi connectivity index (χ1v) is 17.6. The van der Waals surface area contributed by atoms with Crippen molar-refractivity contribution in [3.05, 3.63) is 76.6 Å². The number of nitrogens with zero attached hydrogens (tertiary/aromatic N) is 4. The van der Waals surface area contributed by atoms with Crippen LogP contribution in [0.4, 0.5) is 16.2 Å². The van der Waals surface area contributed by atoms with Gasteiger partial charge in [-0.05, 0) is 71.7 Å². The Morgan fingerprint density at radius 1 is 1.00 bits per heavy atom. The summed E-state index contributed by atoms with van der Waals surface area (Å²) in [6.45, 7) is 9.56. The second-order valence-electron chi connectivity index (χ2n) is 13.3. The highest BCUT2D eigenvalue weighted by Gasteiger charge is 2.25. The van der Waals surface area contributed by atoms with E-state index in [0.29, 0.717) is 48.1 Å². The minimum absolute atomic E-state index is 0.0387. The van der Waals surface area contributed by atoms with E-state index in [1.807, 2.05) is 57.2 Å². The molecule has 2 heterocycles. The van der Waals surface area contributed by atoms with Crippen molar-refractivity contribution in [2.75, 3.05) is 37.4 Å². The molecule has 0 radical (unpaired) electrons. The van der Waals surface area contributed by atoms with Gasteiger partial charge in [0.2, 0.25) is 10.9 Å². The third-order valence-electron chi connectivity index (χ3n) is 9.02. The van der Waals surface area contributed by atoms with E-state index in [2.05, 4.69) is 35.0 Å². The van der Waals surface area contributed by atoms with Gasteiger partial charge in [0, 0.05) is 37.4 Å². The molecule has 0 atom stereocenters. The molecule has 0 unspecified atom stereocenters. The first kappa shape index (κ1) is 34.2. The van der Waals surface area contributed by atoms with Crippen molar-refractivity contribution in [3.8, 4) is 28.6 Å². The number of carbonyl (C=O) groups is 1. The standard InChI is InChI=1S/C35H43N7O6S/c1-35(2,3)23-18-22(20-36-49(45)46)32(47-4)28(19-23)38-34(44)37-27-12-13-30(25-10-7-9-24(25)27)48-17-16-41-14-15-42-31(21-41)39-40-33(42)26-8-5-6-11-29(26)43/h5-6,8,11-13,18-19,43,49H,7,9-10,14-17,20-21H2,1-4H3,(H,36,45,46)(H2,37,38,44). The molecule has 14 heteroatoms. The van der Waals surface area contributed by atoms with Gasteiger partial charge in [0.05, 0.1) is 24.9 Å². The average molecular weight is 690 g/mol. The maximum atomic E-state index is 13.4. The van der Waals surface area contributed by atoms with Crippen molar-refractivity contribution in [2.45, 2.75) is 65.1 Å². The Labute approximate surface area is 287 Å². The van der Waals surface area contributed by atoms with Crippen LogP contribution in [0.1, 0.15) is 55.3 Å². The Morgan fingerprint density at radius 2 is 1.78 bits per heavy atom. The van der Waals surface area contributed by atoms with Crippen LogP contribution in [0.15, 0.2) is 48.5 Å². The van der Waals surface area contributed by atoms with Crippen LogP contribution in [-0.4, -0.2) is 66.0 Å². The average Bonchev–Trinajstić information content (AvgIpc) is 3.72. The number of benzene rings is 3. The molecule has 49 heavy (non-hydrogen) atoms. The minimum Gasteiger partial charge on any atom is -0.507 e. The molecule has 0 saturated heterocycles. The minimum atomic E-state index is -2.80. The zero-order chi connectivity index (χ0) is 34.7. The van der Waals surface area contributed by atoms with Crippen LogP contribution in [-0.2, 0) is 48.8 Å². The normalized spacial score (nSPS) is 14.4. The monoisotopic (exact) mass is 689 g/mol. The van der Waals surface area contributed by atoms with E-state index in [1.165, 1.54) is 7.11 Å². The summed E-state index contributed by atoms with van der Waals surface area (Å²) in [6, 6.07) is 14.3. The highest BCUT2D eigenvalue weighted by atomic mass is 32.2. The van der Waals surface area contributed by atoms with Gasteiger partial charge in [0.1, 0.15) is 29.7 Å². The molecule has 2 amide bonds. The first-order chi connectivity index (χ1) is 23.5. The number of amides is 2. The molecule has 2 aliphatic rings. The molecule has 0 saturated carbocycles. The predicted octanol–water partition coefficient (Wildman–Crippen LogP) is 4.60. The lowest BCUT2D eigenvalue weighted by molar-refractivity contribution is 0.174. The Bertz CT molecular complexity index is 1930. The zero-order valence-electron chi connectivity index (χ0n) is 28.2. The second-order valence-corrected chi connectivity index (χ2v) is 14.1. The van der Waals surface area contributed by atoms with Crippen LogP contribution in [0, 0.1) is 0 Å². The molecule has 0 bridgehead atoms. The number of carbonyl (C=O) groups excluding carboxylic acids is 1. The number of methoxy groups -OCH3 is 1. The van der Waals surface area contributed by atoms with Gasteiger partial charge in [-0.15, -0.1) is 10.2 Å². The fraction of sp³-hybridized carbons (Fsp3) is 0.400. The van der Waals surface area contributed by atoms with Gasteiger partial charge < -0.3 is 29.8 Å². The van der Waals surface area contributed by atoms with E-state index < -0.39 is 16.9 Å². The van der Waals surface area contributed by atoms with Crippen LogP contribution in [0.5, 0.6) is 17.2 Å². The molecule has 4 N–H and O–H groups in total. The highest BCUT2D eigenvalue weighted by Crippen LogP contribution is 2.38. The largest absolute Gasteiger partial charge is 0.507 e. The van der Waals surface area contributed by atoms with Crippen LogP contribution < -0.4 is 24.8 Å². The van der Waals surface area contributed by atoms with E-state index in [4.69, 9.17) is 9.47 Å². The van der Waals surface area contributed by atoms with E-state index >= 15 is 0 Å². The van der Waals surface area contributed by atoms with Gasteiger partial charge in [-0.1, -0.05) is 39.0 Å². The van der Waals surface area contributed by atoms with Crippen molar-refractivity contribution in [1.29, 1.82) is 0 Å². The fourth-order valence-corrected chi connectivity index (χ4v) is 6.78. The summed E-state index contributed by atoms with van der Waals surface area (Å²) in [5, 5.41) is 25.0. The number of phenolic OH excluding ortho intramolecular Hbond substituents is 1. The number of thiol groups is 1. The molecule has 13 nitrogen and oxygen atoms in total. The number of para-hydroxylation sites is 1. The Balaban J connectivity index is 1.10. The van der Waals surface area contributed by atoms with Crippen molar-refractivity contribution >= 4 is 28.3 Å². The highest BCUT2D eigenvalue weighted by molar-refractivity contribution is 7.70. The Morgan fingerprint density at radius 3 is 2.53 bits per heavy atom. The number of ether oxygens (including phenoxy) is 2. The maximum absolute atomic E-state index is 13.4. The quantitative estimate of drug-likeness (QED) is 0.142. The summed E-state index contributed by atoms with van der Waals surface area (Å²) in [4.78, 5) is 15.6. The summed E-state index contributed by atoms with van der Waals surface area (Å²) in [5.74, 6) is 2.94. The molecular weight excluding hydrogens is 646 g/mol. The number of aromatic hydroxyl groups is 1. The summed E-state index contributed by atoms with van der Waals surface area (Å²) in [6.07, 6.45) is 2.66. The first-order valence-electron chi connectivity index (χ1n) is 16.4. The van der Waals surface area contributed by atoms with E-state index in [9.17, 15) is 18.3 Å². The lowest BCUT2D eigenvalue weighted by atomic mass is 9.85. The molecule has 0 fully saturated rings. The second kappa shape index (κ2) is 14.4. The number of rotatable bonds is 11. The molecule has 1 aromatic heterocycles. The molecule has 0 spiro atoms. The molecule has 4 aromatic rings. The molecular formula is C35H43N7O6S. The summed E-state index contributed by atoms with van der Waals surface area (Å²) >= 11 is 0. The van der Waals surface area contributed by atoms with Crippen LogP contribution in [0.3, 0.4) is 0 Å². The third-order valence-corrected chi connectivity index (χ3v) is 9.43. The zero-order valence-corrected chi connectivity index (χ0v) is 29.1. The van der Waals surface area contributed by atoms with Crippen molar-refractivity contribution in [3.63, 3.8) is 0 Å². The smallest absolute Gasteiger partial charge is 0.323 e. The molecule has 260 valence electrons. The predicted molar refractivity (Wildman–Crippen MR) is 188 cm³/mol. The summed E-state index contributed by atoms with van der Waals surface area (Å²) < 4.78 is 38.9. The fourth-order valence-electron chi connectivity index (χ4n) is 6.48. The van der Waals surface area contributed by atoms with Crippen LogP contribution in [0.2, 0.25) is 0 Å². The van der Waals surface area contributed by atoms with E-state index in [-0.39, 0.29) is 17.7 Å². The summed E-state index contributed by atoms with van der Waals surface area (Å²) in [5.41, 5.74) is 5.32. The summed E-state index contributed by atoms with van der Waals surface area (Å²) in [7, 11) is -1.31. The van der Waals surface area contributed by atoms with E-state index in [1.54, 1.807) is 12.1 Å². The van der Waals surface area contributed by atoms with Crippen molar-refractivity contribution < 1.29 is 27.8 Å².